The van der Waals surface area contributed by atoms with Crippen LogP contribution in [0.2, 0.25) is 0 Å². The van der Waals surface area contributed by atoms with Crippen LogP contribution in [0.5, 0.6) is 11.5 Å². The molecule has 3 aromatic carbocycles. The molecule has 0 fully saturated rings. The summed E-state index contributed by atoms with van der Waals surface area (Å²) in [5.74, 6) is 14.7. The van der Waals surface area contributed by atoms with Crippen LogP contribution < -0.4 is 20.9 Å². The minimum atomic E-state index is 0.368. The van der Waals surface area contributed by atoms with Gasteiger partial charge in [-0.25, -0.2) is 0 Å². The molecular formula is C40H48N2O2S2. The molecule has 3 aromatic rings. The SMILES string of the molecule is CCCCCCCCOc1cc(C#Cc2ccc(C(N)=S)cc2)c(OCCCCCCCC)cc1C#Cc1ccc(C(N)=S)cc1. The van der Waals surface area contributed by atoms with Crippen LogP contribution in [0.1, 0.15) is 124 Å². The van der Waals surface area contributed by atoms with Crippen molar-refractivity contribution in [3.8, 4) is 35.2 Å². The maximum atomic E-state index is 6.37. The fourth-order valence-electron chi connectivity index (χ4n) is 4.84. The van der Waals surface area contributed by atoms with E-state index in [-0.39, 0.29) is 0 Å². The Morgan fingerprint density at radius 1 is 0.522 bits per heavy atom. The highest BCUT2D eigenvalue weighted by Gasteiger charge is 2.11. The first kappa shape index (κ1) is 36.6. The van der Waals surface area contributed by atoms with Gasteiger partial charge in [0.05, 0.1) is 24.3 Å². The summed E-state index contributed by atoms with van der Waals surface area (Å²) in [6, 6.07) is 19.2. The van der Waals surface area contributed by atoms with Gasteiger partial charge in [0.25, 0.3) is 0 Å². The Morgan fingerprint density at radius 3 is 1.22 bits per heavy atom. The average Bonchev–Trinajstić information content (AvgIpc) is 3.06. The summed E-state index contributed by atoms with van der Waals surface area (Å²) >= 11 is 10.2. The van der Waals surface area contributed by atoms with Crippen molar-refractivity contribution in [3.63, 3.8) is 0 Å². The predicted molar refractivity (Wildman–Crippen MR) is 201 cm³/mol. The fourth-order valence-corrected chi connectivity index (χ4v) is 5.11. The van der Waals surface area contributed by atoms with Crippen molar-refractivity contribution >= 4 is 34.4 Å². The van der Waals surface area contributed by atoms with Gasteiger partial charge in [-0.15, -0.1) is 0 Å². The minimum Gasteiger partial charge on any atom is -0.492 e. The minimum absolute atomic E-state index is 0.368. The summed E-state index contributed by atoms with van der Waals surface area (Å²) in [4.78, 5) is 0.736. The topological polar surface area (TPSA) is 70.5 Å². The lowest BCUT2D eigenvalue weighted by Crippen LogP contribution is -2.08. The Bertz CT molecular complexity index is 1410. The Morgan fingerprint density at radius 2 is 0.870 bits per heavy atom. The lowest BCUT2D eigenvalue weighted by molar-refractivity contribution is 0.295. The number of benzene rings is 3. The molecule has 0 aliphatic rings. The fraction of sp³-hybridized carbons (Fsp3) is 0.400. The quantitative estimate of drug-likeness (QED) is 0.0811. The first-order valence-corrected chi connectivity index (χ1v) is 17.5. The van der Waals surface area contributed by atoms with Crippen LogP contribution in [0.25, 0.3) is 0 Å². The van der Waals surface area contributed by atoms with Crippen molar-refractivity contribution in [1.29, 1.82) is 0 Å². The molecule has 46 heavy (non-hydrogen) atoms. The third-order valence-corrected chi connectivity index (χ3v) is 8.09. The summed E-state index contributed by atoms with van der Waals surface area (Å²) in [5.41, 5.74) is 16.5. The van der Waals surface area contributed by atoms with Crippen LogP contribution in [0.4, 0.5) is 0 Å². The summed E-state index contributed by atoms with van der Waals surface area (Å²) < 4.78 is 12.7. The van der Waals surface area contributed by atoms with Crippen LogP contribution in [0.3, 0.4) is 0 Å². The molecular weight excluding hydrogens is 605 g/mol. The van der Waals surface area contributed by atoms with Gasteiger partial charge < -0.3 is 20.9 Å². The third kappa shape index (κ3) is 13.3. The maximum Gasteiger partial charge on any atom is 0.136 e. The number of ether oxygens (including phenoxy) is 2. The second-order valence-electron chi connectivity index (χ2n) is 11.5. The van der Waals surface area contributed by atoms with E-state index < -0.39 is 0 Å². The van der Waals surface area contributed by atoms with Gasteiger partial charge in [0.2, 0.25) is 0 Å². The van der Waals surface area contributed by atoms with Crippen molar-refractivity contribution in [2.45, 2.75) is 90.9 Å². The zero-order valence-electron chi connectivity index (χ0n) is 27.5. The van der Waals surface area contributed by atoms with Gasteiger partial charge in [-0.3, -0.25) is 0 Å². The molecule has 0 saturated carbocycles. The molecule has 0 aromatic heterocycles. The van der Waals surface area contributed by atoms with Gasteiger partial charge >= 0.3 is 0 Å². The molecule has 0 heterocycles. The number of hydrogen-bond donors (Lipinski definition) is 2. The van der Waals surface area contributed by atoms with Crippen LogP contribution in [-0.4, -0.2) is 23.2 Å². The molecule has 4 nitrogen and oxygen atoms in total. The number of hydrogen-bond acceptors (Lipinski definition) is 4. The molecule has 0 unspecified atom stereocenters. The summed E-state index contributed by atoms with van der Waals surface area (Å²) in [7, 11) is 0. The molecule has 0 radical (unpaired) electrons. The van der Waals surface area contributed by atoms with E-state index in [4.69, 9.17) is 45.4 Å². The molecule has 0 atom stereocenters. The van der Waals surface area contributed by atoms with Gasteiger partial charge in [0, 0.05) is 34.4 Å². The van der Waals surface area contributed by atoms with Gasteiger partial charge in [0.15, 0.2) is 0 Å². The molecule has 0 spiro atoms. The van der Waals surface area contributed by atoms with E-state index in [2.05, 4.69) is 37.5 Å². The summed E-state index contributed by atoms with van der Waals surface area (Å²) in [6.45, 7) is 5.71. The zero-order chi connectivity index (χ0) is 33.0. The Balaban J connectivity index is 1.92. The van der Waals surface area contributed by atoms with E-state index in [0.717, 1.165) is 59.1 Å². The van der Waals surface area contributed by atoms with Crippen LogP contribution in [0, 0.1) is 23.7 Å². The van der Waals surface area contributed by atoms with Gasteiger partial charge in [0.1, 0.15) is 21.5 Å². The van der Waals surface area contributed by atoms with Crippen molar-refractivity contribution in [1.82, 2.24) is 0 Å². The van der Waals surface area contributed by atoms with Crippen molar-refractivity contribution in [2.75, 3.05) is 13.2 Å². The normalized spacial score (nSPS) is 10.3. The van der Waals surface area contributed by atoms with E-state index >= 15 is 0 Å². The maximum absolute atomic E-state index is 6.37. The number of nitrogens with two attached hydrogens (primary N) is 2. The molecule has 0 bridgehead atoms. The highest BCUT2D eigenvalue weighted by Crippen LogP contribution is 2.29. The first-order valence-electron chi connectivity index (χ1n) is 16.7. The Hall–Kier alpha value is -3.84. The monoisotopic (exact) mass is 652 g/mol. The Labute approximate surface area is 287 Å². The van der Waals surface area contributed by atoms with Gasteiger partial charge in [-0.2, -0.15) is 0 Å². The largest absolute Gasteiger partial charge is 0.492 e. The first-order chi connectivity index (χ1) is 22.4. The predicted octanol–water partition coefficient (Wildman–Crippen LogP) is 9.23. The van der Waals surface area contributed by atoms with E-state index in [1.165, 1.54) is 51.4 Å². The molecule has 4 N–H and O–H groups in total. The Kier molecular flexibility index (Phi) is 16.8. The summed E-state index contributed by atoms with van der Waals surface area (Å²) in [6.07, 6.45) is 14.3. The van der Waals surface area contributed by atoms with E-state index in [9.17, 15) is 0 Å². The smallest absolute Gasteiger partial charge is 0.136 e. The van der Waals surface area contributed by atoms with Crippen LogP contribution in [0.15, 0.2) is 60.7 Å². The number of unbranched alkanes of at least 4 members (excludes halogenated alkanes) is 10. The highest BCUT2D eigenvalue weighted by atomic mass is 32.1. The van der Waals surface area contributed by atoms with Crippen molar-refractivity contribution < 1.29 is 9.47 Å². The zero-order valence-corrected chi connectivity index (χ0v) is 29.1. The van der Waals surface area contributed by atoms with E-state index in [1.807, 2.05) is 60.7 Å². The van der Waals surface area contributed by atoms with Gasteiger partial charge in [-0.1, -0.05) is 150 Å². The van der Waals surface area contributed by atoms with Crippen molar-refractivity contribution in [2.24, 2.45) is 11.5 Å². The molecule has 0 aliphatic heterocycles. The van der Waals surface area contributed by atoms with Crippen LogP contribution in [-0.2, 0) is 0 Å². The lowest BCUT2D eigenvalue weighted by Gasteiger charge is -2.14. The van der Waals surface area contributed by atoms with E-state index in [1.54, 1.807) is 0 Å². The summed E-state index contributed by atoms with van der Waals surface area (Å²) in [5, 5.41) is 0. The molecule has 0 aliphatic carbocycles. The molecule has 0 amide bonds. The highest BCUT2D eigenvalue weighted by molar-refractivity contribution is 7.80. The third-order valence-electron chi connectivity index (χ3n) is 7.61. The lowest BCUT2D eigenvalue weighted by atomic mass is 10.1. The van der Waals surface area contributed by atoms with E-state index in [0.29, 0.717) is 34.7 Å². The number of rotatable bonds is 18. The standard InChI is InChI=1S/C40H48N2O2S2/c1-3-5-7-9-11-13-27-43-37-29-36(26-20-32-17-23-34(24-18-32)40(42)46)38(44-28-14-12-10-8-6-4-2)30-35(37)25-19-31-15-21-33(22-16-31)39(41)45/h15-18,21-24,29-30H,3-14,27-28H2,1-2H3,(H2,41,45)(H2,42,46). The van der Waals surface area contributed by atoms with Crippen LogP contribution >= 0.6 is 24.4 Å². The molecule has 6 heteroatoms. The molecule has 0 saturated heterocycles. The number of thiocarbonyl (C=S) groups is 2. The molecule has 242 valence electrons. The second kappa shape index (κ2) is 21.0. The second-order valence-corrected chi connectivity index (χ2v) is 12.3. The van der Waals surface area contributed by atoms with Crippen molar-refractivity contribution in [3.05, 3.63) is 94.0 Å². The molecule has 3 rings (SSSR count). The average molecular weight is 653 g/mol. The van der Waals surface area contributed by atoms with Gasteiger partial charge in [-0.05, 0) is 37.1 Å².